The van der Waals surface area contributed by atoms with Crippen LogP contribution in [0.25, 0.3) is 22.1 Å². The van der Waals surface area contributed by atoms with Crippen molar-refractivity contribution in [3.8, 4) is 28.4 Å². The van der Waals surface area contributed by atoms with Gasteiger partial charge in [0, 0.05) is 6.07 Å². The zero-order valence-corrected chi connectivity index (χ0v) is 19.4. The number of benzene rings is 2. The molecule has 7 nitrogen and oxygen atoms in total. The van der Waals surface area contributed by atoms with Crippen LogP contribution in [0, 0.1) is 0 Å². The van der Waals surface area contributed by atoms with Gasteiger partial charge in [-0.15, -0.1) is 0 Å². The molecule has 0 saturated heterocycles. The van der Waals surface area contributed by atoms with Crippen molar-refractivity contribution in [1.29, 1.82) is 0 Å². The number of esters is 1. The smallest absolute Gasteiger partial charge is 0.450 e. The molecule has 0 amide bonds. The van der Waals surface area contributed by atoms with Crippen LogP contribution in [-0.4, -0.2) is 32.4 Å². The average molecular weight is 492 g/mol. The standard InChI is InChI=1S/C25H23F3O7/c1-12(2)15-10-16-19(11-18(15)34-13(3)24(30)31-4)35-23(25(26,27)28)21(22(16)29)14-5-6-17-20(9-14)33-8-7-32-17/h5-6,9-13H,7-8H2,1-4H3/t13-/m0/s1. The minimum absolute atomic E-state index is 0.0111. The number of ether oxygens (including phenoxy) is 4. The Hall–Kier alpha value is -3.69. The Morgan fingerprint density at radius 3 is 2.34 bits per heavy atom. The van der Waals surface area contributed by atoms with Crippen molar-refractivity contribution in [3.05, 3.63) is 51.9 Å². The van der Waals surface area contributed by atoms with E-state index in [1.807, 2.05) is 13.8 Å². The lowest BCUT2D eigenvalue weighted by atomic mass is 9.96. The summed E-state index contributed by atoms with van der Waals surface area (Å²) in [5, 5.41) is -0.0512. The number of halogens is 3. The lowest BCUT2D eigenvalue weighted by Crippen LogP contribution is -2.25. The zero-order chi connectivity index (χ0) is 25.5. The average Bonchev–Trinajstić information content (AvgIpc) is 2.82. The fourth-order valence-corrected chi connectivity index (χ4v) is 3.86. The largest absolute Gasteiger partial charge is 0.486 e. The molecule has 0 fully saturated rings. The van der Waals surface area contributed by atoms with Gasteiger partial charge in [0.05, 0.1) is 18.1 Å². The summed E-state index contributed by atoms with van der Waals surface area (Å²) in [5.41, 5.74) is -1.30. The van der Waals surface area contributed by atoms with E-state index in [1.54, 1.807) is 0 Å². The number of fused-ring (bicyclic) bond motifs is 2. The second kappa shape index (κ2) is 9.16. The van der Waals surface area contributed by atoms with Gasteiger partial charge in [-0.3, -0.25) is 4.79 Å². The summed E-state index contributed by atoms with van der Waals surface area (Å²) in [6.07, 6.45) is -5.99. The van der Waals surface area contributed by atoms with Crippen molar-refractivity contribution >= 4 is 16.9 Å². The summed E-state index contributed by atoms with van der Waals surface area (Å²) in [5.74, 6) is -1.55. The van der Waals surface area contributed by atoms with Gasteiger partial charge < -0.3 is 23.4 Å². The molecule has 1 atom stereocenters. The Morgan fingerprint density at radius 1 is 1.03 bits per heavy atom. The number of hydrogen-bond donors (Lipinski definition) is 0. The lowest BCUT2D eigenvalue weighted by Gasteiger charge is -2.20. The predicted molar refractivity (Wildman–Crippen MR) is 120 cm³/mol. The third-order valence-electron chi connectivity index (χ3n) is 5.57. The van der Waals surface area contributed by atoms with Crippen molar-refractivity contribution in [1.82, 2.24) is 0 Å². The van der Waals surface area contributed by atoms with Crippen molar-refractivity contribution in [3.63, 3.8) is 0 Å². The highest BCUT2D eigenvalue weighted by Crippen LogP contribution is 2.41. The lowest BCUT2D eigenvalue weighted by molar-refractivity contribution is -0.152. The maximum Gasteiger partial charge on any atom is 0.450 e. The molecule has 4 rings (SSSR count). The van der Waals surface area contributed by atoms with Gasteiger partial charge in [-0.1, -0.05) is 19.9 Å². The summed E-state index contributed by atoms with van der Waals surface area (Å²) in [4.78, 5) is 25.3. The fourth-order valence-electron chi connectivity index (χ4n) is 3.86. The molecule has 0 saturated carbocycles. The Labute approximate surface area is 198 Å². The molecule has 2 heterocycles. The monoisotopic (exact) mass is 492 g/mol. The van der Waals surface area contributed by atoms with E-state index in [0.717, 1.165) is 0 Å². The normalized spacial score (nSPS) is 14.2. The molecule has 2 aromatic carbocycles. The predicted octanol–water partition coefficient (Wildman–Crippen LogP) is 5.31. The van der Waals surface area contributed by atoms with Crippen LogP contribution in [0.2, 0.25) is 0 Å². The Bertz CT molecular complexity index is 1340. The molecule has 3 aromatic rings. The number of rotatable bonds is 5. The van der Waals surface area contributed by atoms with Gasteiger partial charge >= 0.3 is 12.1 Å². The Kier molecular flexibility index (Phi) is 6.40. The van der Waals surface area contributed by atoms with E-state index in [1.165, 1.54) is 44.4 Å². The van der Waals surface area contributed by atoms with E-state index in [9.17, 15) is 22.8 Å². The van der Waals surface area contributed by atoms with Gasteiger partial charge in [-0.25, -0.2) is 4.79 Å². The maximum absolute atomic E-state index is 14.1. The third-order valence-corrected chi connectivity index (χ3v) is 5.57. The van der Waals surface area contributed by atoms with E-state index in [-0.39, 0.29) is 40.6 Å². The topological polar surface area (TPSA) is 84.2 Å². The van der Waals surface area contributed by atoms with Gasteiger partial charge in [-0.05, 0) is 42.2 Å². The number of carbonyl (C=O) groups excluding carboxylic acids is 1. The molecule has 10 heteroatoms. The molecular weight excluding hydrogens is 469 g/mol. The molecule has 0 aliphatic carbocycles. The molecule has 1 aromatic heterocycles. The first-order valence-electron chi connectivity index (χ1n) is 10.9. The fraction of sp³-hybridized carbons (Fsp3) is 0.360. The van der Waals surface area contributed by atoms with Crippen LogP contribution in [0.4, 0.5) is 13.2 Å². The quantitative estimate of drug-likeness (QED) is 0.446. The molecule has 0 N–H and O–H groups in total. The maximum atomic E-state index is 14.1. The molecule has 186 valence electrons. The summed E-state index contributed by atoms with van der Waals surface area (Å²) in [6, 6.07) is 6.79. The molecule has 0 spiro atoms. The summed E-state index contributed by atoms with van der Waals surface area (Å²) in [7, 11) is 1.19. The minimum Gasteiger partial charge on any atom is -0.486 e. The summed E-state index contributed by atoms with van der Waals surface area (Å²) < 4.78 is 68.7. The molecule has 0 unspecified atom stereocenters. The molecule has 0 bridgehead atoms. The SMILES string of the molecule is COC(=O)[C@H](C)Oc1cc2oc(C(F)(F)F)c(-c3ccc4c(c3)OCCO4)c(=O)c2cc1C(C)C. The molecular formula is C25H23F3O7. The third kappa shape index (κ3) is 4.65. The number of methoxy groups -OCH3 is 1. The van der Waals surface area contributed by atoms with Crippen molar-refractivity contribution in [2.75, 3.05) is 20.3 Å². The van der Waals surface area contributed by atoms with Crippen LogP contribution in [0.5, 0.6) is 17.2 Å². The van der Waals surface area contributed by atoms with E-state index in [2.05, 4.69) is 4.74 Å². The molecule has 1 aliphatic heterocycles. The summed E-state index contributed by atoms with van der Waals surface area (Å²) in [6.45, 7) is 5.64. The first kappa shape index (κ1) is 24.4. The van der Waals surface area contributed by atoms with Crippen LogP contribution >= 0.6 is 0 Å². The highest BCUT2D eigenvalue weighted by molar-refractivity contribution is 5.86. The highest BCUT2D eigenvalue weighted by atomic mass is 19.4. The van der Waals surface area contributed by atoms with Gasteiger partial charge in [0.15, 0.2) is 17.6 Å². The first-order chi connectivity index (χ1) is 16.5. The second-order valence-electron chi connectivity index (χ2n) is 8.32. The Balaban J connectivity index is 1.96. The van der Waals surface area contributed by atoms with Crippen LogP contribution in [0.3, 0.4) is 0 Å². The number of hydrogen-bond acceptors (Lipinski definition) is 7. The summed E-state index contributed by atoms with van der Waals surface area (Å²) >= 11 is 0. The molecule has 35 heavy (non-hydrogen) atoms. The van der Waals surface area contributed by atoms with E-state index >= 15 is 0 Å². The van der Waals surface area contributed by atoms with Crippen LogP contribution in [0.15, 0.2) is 39.5 Å². The number of carbonyl (C=O) groups is 1. The van der Waals surface area contributed by atoms with E-state index < -0.39 is 35.0 Å². The Morgan fingerprint density at radius 2 is 1.71 bits per heavy atom. The van der Waals surface area contributed by atoms with Crippen molar-refractivity contribution in [2.45, 2.75) is 39.0 Å². The minimum atomic E-state index is -4.97. The second-order valence-corrected chi connectivity index (χ2v) is 8.32. The van der Waals surface area contributed by atoms with Crippen LogP contribution in [-0.2, 0) is 15.7 Å². The van der Waals surface area contributed by atoms with Crippen molar-refractivity contribution < 1.29 is 41.3 Å². The molecule has 0 radical (unpaired) electrons. The number of alkyl halides is 3. The zero-order valence-electron chi connectivity index (χ0n) is 19.4. The van der Waals surface area contributed by atoms with Crippen molar-refractivity contribution in [2.24, 2.45) is 0 Å². The van der Waals surface area contributed by atoms with E-state index in [0.29, 0.717) is 17.9 Å². The molecule has 1 aliphatic rings. The van der Waals surface area contributed by atoms with Gasteiger partial charge in [0.25, 0.3) is 0 Å². The van der Waals surface area contributed by atoms with Gasteiger partial charge in [-0.2, -0.15) is 13.2 Å². The highest BCUT2D eigenvalue weighted by Gasteiger charge is 2.40. The van der Waals surface area contributed by atoms with Gasteiger partial charge in [0.1, 0.15) is 24.5 Å². The first-order valence-corrected chi connectivity index (χ1v) is 10.9. The van der Waals surface area contributed by atoms with E-state index in [4.69, 9.17) is 18.6 Å². The van der Waals surface area contributed by atoms with Crippen LogP contribution < -0.4 is 19.6 Å². The van der Waals surface area contributed by atoms with Gasteiger partial charge in [0.2, 0.25) is 11.2 Å². The van der Waals surface area contributed by atoms with Crippen LogP contribution in [0.1, 0.15) is 38.0 Å².